The Morgan fingerprint density at radius 2 is 1.77 bits per heavy atom. The molecule has 0 fully saturated rings. The summed E-state index contributed by atoms with van der Waals surface area (Å²) < 4.78 is 17.4. The van der Waals surface area contributed by atoms with Crippen molar-refractivity contribution in [2.45, 2.75) is 25.9 Å². The molecule has 4 rings (SSSR count). The van der Waals surface area contributed by atoms with Gasteiger partial charge in [-0.25, -0.2) is 4.98 Å². The van der Waals surface area contributed by atoms with Crippen LogP contribution in [0.1, 0.15) is 17.7 Å². The molecule has 0 atom stereocenters. The first-order valence-corrected chi connectivity index (χ1v) is 12.0. The van der Waals surface area contributed by atoms with E-state index in [1.165, 1.54) is 25.1 Å². The summed E-state index contributed by atoms with van der Waals surface area (Å²) in [6.45, 7) is 0.860. The lowest BCUT2D eigenvalue weighted by Crippen LogP contribution is -2.30. The molecule has 9 heteroatoms. The van der Waals surface area contributed by atoms with Crippen molar-refractivity contribution in [3.05, 3.63) is 75.5 Å². The second kappa shape index (κ2) is 11.1. The number of nitrogens with zero attached hydrogens (tertiary/aromatic N) is 3. The van der Waals surface area contributed by atoms with Crippen LogP contribution in [0, 0.1) is 0 Å². The zero-order valence-corrected chi connectivity index (χ0v) is 20.7. The molecule has 4 aromatic rings. The van der Waals surface area contributed by atoms with E-state index in [-0.39, 0.29) is 17.9 Å². The number of amides is 1. The van der Waals surface area contributed by atoms with E-state index in [1.807, 2.05) is 41.8 Å². The maximum Gasteiger partial charge on any atom is 0.261 e. The van der Waals surface area contributed by atoms with Crippen molar-refractivity contribution in [2.75, 3.05) is 26.2 Å². The van der Waals surface area contributed by atoms with Gasteiger partial charge in [-0.05, 0) is 48.2 Å². The number of carbonyl (C=O) groups is 1. The minimum atomic E-state index is -0.186. The predicted molar refractivity (Wildman–Crippen MR) is 137 cm³/mol. The monoisotopic (exact) mass is 493 g/mol. The molecule has 2 aromatic carbocycles. The van der Waals surface area contributed by atoms with Gasteiger partial charge in [0, 0.05) is 29.6 Å². The molecule has 0 aliphatic heterocycles. The number of fused-ring (bicyclic) bond motifs is 1. The summed E-state index contributed by atoms with van der Waals surface area (Å²) in [4.78, 5) is 33.5. The highest BCUT2D eigenvalue weighted by Crippen LogP contribution is 2.30. The van der Waals surface area contributed by atoms with E-state index in [0.717, 1.165) is 16.3 Å². The van der Waals surface area contributed by atoms with Crippen LogP contribution in [-0.4, -0.2) is 36.8 Å². The quantitative estimate of drug-likeness (QED) is 0.324. The van der Waals surface area contributed by atoms with Gasteiger partial charge in [0.15, 0.2) is 11.5 Å². The van der Waals surface area contributed by atoms with Gasteiger partial charge < -0.3 is 19.1 Å². The first-order valence-electron chi connectivity index (χ1n) is 11.1. The van der Waals surface area contributed by atoms with Crippen LogP contribution >= 0.6 is 11.3 Å². The van der Waals surface area contributed by atoms with Crippen LogP contribution in [0.4, 0.5) is 5.69 Å². The van der Waals surface area contributed by atoms with Crippen LogP contribution < -0.4 is 24.7 Å². The van der Waals surface area contributed by atoms with Gasteiger partial charge in [-0.1, -0.05) is 6.07 Å². The second-order valence-corrected chi connectivity index (χ2v) is 8.86. The highest BCUT2D eigenvalue weighted by Gasteiger charge is 2.17. The van der Waals surface area contributed by atoms with Gasteiger partial charge in [-0.15, -0.1) is 11.3 Å². The molecule has 0 aliphatic rings. The van der Waals surface area contributed by atoms with E-state index in [1.54, 1.807) is 35.5 Å². The molecule has 2 heterocycles. The fourth-order valence-electron chi connectivity index (χ4n) is 3.82. The molecule has 1 amide bonds. The van der Waals surface area contributed by atoms with Gasteiger partial charge in [0.05, 0.1) is 45.1 Å². The van der Waals surface area contributed by atoms with Crippen molar-refractivity contribution in [3.63, 3.8) is 0 Å². The number of hydrogen-bond acceptors (Lipinski definition) is 7. The van der Waals surface area contributed by atoms with Gasteiger partial charge in [0.1, 0.15) is 5.75 Å². The summed E-state index contributed by atoms with van der Waals surface area (Å²) in [5, 5.41) is 2.43. The van der Waals surface area contributed by atoms with Crippen molar-refractivity contribution in [3.8, 4) is 17.2 Å². The van der Waals surface area contributed by atoms with E-state index in [9.17, 15) is 9.59 Å². The molecule has 8 nitrogen and oxygen atoms in total. The Bertz CT molecular complexity index is 1350. The van der Waals surface area contributed by atoms with Crippen LogP contribution in [0.5, 0.6) is 17.2 Å². The largest absolute Gasteiger partial charge is 0.497 e. The molecule has 182 valence electrons. The summed E-state index contributed by atoms with van der Waals surface area (Å²) in [5.74, 6) is 1.70. The van der Waals surface area contributed by atoms with E-state index >= 15 is 0 Å². The second-order valence-electron chi connectivity index (χ2n) is 7.83. The number of rotatable bonds is 10. The summed E-state index contributed by atoms with van der Waals surface area (Å²) >= 11 is 1.61. The first kappa shape index (κ1) is 24.3. The smallest absolute Gasteiger partial charge is 0.261 e. The Morgan fingerprint density at radius 1 is 1.03 bits per heavy atom. The zero-order valence-electron chi connectivity index (χ0n) is 19.9. The average molecular weight is 494 g/mol. The van der Waals surface area contributed by atoms with E-state index in [0.29, 0.717) is 41.9 Å². The topological polar surface area (TPSA) is 82.9 Å². The summed E-state index contributed by atoms with van der Waals surface area (Å²) in [6, 6.07) is 14.7. The summed E-state index contributed by atoms with van der Waals surface area (Å²) in [7, 11) is 4.67. The van der Waals surface area contributed by atoms with Gasteiger partial charge >= 0.3 is 0 Å². The standard InChI is InChI=1S/C26H27N3O5S/c1-32-19-10-8-18(9-11-19)29(16-20-6-5-13-35-20)25(30)7-4-12-28-17-27-22-15-24(34-3)23(33-2)14-21(22)26(28)31/h5-6,8-11,13-15,17H,4,7,12,16H2,1-3H3. The molecule has 0 bridgehead atoms. The van der Waals surface area contributed by atoms with Crippen molar-refractivity contribution in [1.82, 2.24) is 9.55 Å². The maximum atomic E-state index is 13.2. The van der Waals surface area contributed by atoms with Crippen LogP contribution in [0.3, 0.4) is 0 Å². The average Bonchev–Trinajstić information content (AvgIpc) is 3.41. The minimum absolute atomic E-state index is 0.0169. The lowest BCUT2D eigenvalue weighted by molar-refractivity contribution is -0.118. The molecule has 35 heavy (non-hydrogen) atoms. The normalized spacial score (nSPS) is 10.8. The highest BCUT2D eigenvalue weighted by molar-refractivity contribution is 7.09. The molecule has 0 saturated carbocycles. The first-order chi connectivity index (χ1) is 17.0. The number of hydrogen-bond donors (Lipinski definition) is 0. The van der Waals surface area contributed by atoms with Gasteiger partial charge in [-0.3, -0.25) is 14.2 Å². The Hall–Kier alpha value is -3.85. The third-order valence-electron chi connectivity index (χ3n) is 5.70. The number of aromatic nitrogens is 2. The molecular formula is C26H27N3O5S. The van der Waals surface area contributed by atoms with Gasteiger partial charge in [0.25, 0.3) is 5.56 Å². The molecular weight excluding hydrogens is 466 g/mol. The third kappa shape index (κ3) is 5.46. The zero-order chi connectivity index (χ0) is 24.8. The summed E-state index contributed by atoms with van der Waals surface area (Å²) in [5.41, 5.74) is 1.14. The van der Waals surface area contributed by atoms with Crippen molar-refractivity contribution >= 4 is 33.8 Å². The number of benzene rings is 2. The van der Waals surface area contributed by atoms with Crippen LogP contribution in [-0.2, 0) is 17.9 Å². The van der Waals surface area contributed by atoms with Crippen molar-refractivity contribution in [1.29, 1.82) is 0 Å². The number of anilines is 1. The fourth-order valence-corrected chi connectivity index (χ4v) is 4.52. The number of carbonyl (C=O) groups excluding carboxylic acids is 1. The summed E-state index contributed by atoms with van der Waals surface area (Å²) in [6.07, 6.45) is 2.29. The SMILES string of the molecule is COc1ccc(N(Cc2cccs2)C(=O)CCCn2cnc3cc(OC)c(OC)cc3c2=O)cc1. The molecule has 0 spiro atoms. The highest BCUT2D eigenvalue weighted by atomic mass is 32.1. The number of thiophene rings is 1. The fraction of sp³-hybridized carbons (Fsp3) is 0.269. The van der Waals surface area contributed by atoms with Crippen LogP contribution in [0.25, 0.3) is 10.9 Å². The van der Waals surface area contributed by atoms with Crippen molar-refractivity contribution < 1.29 is 19.0 Å². The Kier molecular flexibility index (Phi) is 7.67. The number of methoxy groups -OCH3 is 3. The van der Waals surface area contributed by atoms with Crippen molar-refractivity contribution in [2.24, 2.45) is 0 Å². The van der Waals surface area contributed by atoms with Gasteiger partial charge in [0.2, 0.25) is 5.91 Å². The lowest BCUT2D eigenvalue weighted by Gasteiger charge is -2.23. The third-order valence-corrected chi connectivity index (χ3v) is 6.56. The number of aryl methyl sites for hydroxylation is 1. The maximum absolute atomic E-state index is 13.2. The predicted octanol–water partition coefficient (Wildman–Crippen LogP) is 4.50. The molecule has 0 saturated heterocycles. The molecule has 2 aromatic heterocycles. The Balaban J connectivity index is 1.49. The minimum Gasteiger partial charge on any atom is -0.497 e. The Labute approximate surface area is 207 Å². The van der Waals surface area contributed by atoms with E-state index < -0.39 is 0 Å². The molecule has 0 radical (unpaired) electrons. The molecule has 0 aliphatic carbocycles. The van der Waals surface area contributed by atoms with Crippen LogP contribution in [0.15, 0.2) is 65.0 Å². The lowest BCUT2D eigenvalue weighted by atomic mass is 10.2. The molecule has 0 unspecified atom stereocenters. The molecule has 0 N–H and O–H groups in total. The number of ether oxygens (including phenoxy) is 3. The Morgan fingerprint density at radius 3 is 2.43 bits per heavy atom. The van der Waals surface area contributed by atoms with E-state index in [2.05, 4.69) is 4.98 Å². The van der Waals surface area contributed by atoms with Crippen LogP contribution in [0.2, 0.25) is 0 Å². The van der Waals surface area contributed by atoms with E-state index in [4.69, 9.17) is 14.2 Å². The van der Waals surface area contributed by atoms with Gasteiger partial charge in [-0.2, -0.15) is 0 Å².